The number of anilines is 1. The number of hydrogen-bond acceptors (Lipinski definition) is 2. The number of halogens is 2. The summed E-state index contributed by atoms with van der Waals surface area (Å²) in [7, 11) is 1.62. The van der Waals surface area contributed by atoms with Crippen LogP contribution in [0.25, 0.3) is 6.08 Å². The van der Waals surface area contributed by atoms with Crippen molar-refractivity contribution in [2.24, 2.45) is 5.92 Å². The van der Waals surface area contributed by atoms with Crippen LogP contribution in [0.5, 0.6) is 0 Å². The summed E-state index contributed by atoms with van der Waals surface area (Å²) in [6, 6.07) is 2.24. The van der Waals surface area contributed by atoms with Crippen LogP contribution in [0.1, 0.15) is 19.4 Å². The molecule has 0 aliphatic rings. The minimum absolute atomic E-state index is 0.0961. The van der Waals surface area contributed by atoms with Gasteiger partial charge in [0.2, 0.25) is 0 Å². The number of carboxylic acids is 1. The molecule has 3 nitrogen and oxygen atoms in total. The molecule has 19 heavy (non-hydrogen) atoms. The van der Waals surface area contributed by atoms with E-state index in [2.05, 4.69) is 0 Å². The first kappa shape index (κ1) is 15.1. The second kappa shape index (κ2) is 6.31. The molecular weight excluding hydrogens is 252 g/mol. The first-order valence-corrected chi connectivity index (χ1v) is 5.92. The molecule has 0 amide bonds. The van der Waals surface area contributed by atoms with Crippen molar-refractivity contribution in [1.82, 2.24) is 0 Å². The number of hydrogen-bond donors (Lipinski definition) is 1. The molecule has 0 saturated heterocycles. The molecule has 0 bridgehead atoms. The van der Waals surface area contributed by atoms with Gasteiger partial charge in [-0.25, -0.2) is 13.6 Å². The predicted octanol–water partition coefficient (Wildman–Crippen LogP) is 3.15. The van der Waals surface area contributed by atoms with E-state index in [1.165, 1.54) is 4.90 Å². The number of carbonyl (C=O) groups is 1. The van der Waals surface area contributed by atoms with Crippen molar-refractivity contribution in [3.63, 3.8) is 0 Å². The molecule has 0 unspecified atom stereocenters. The lowest BCUT2D eigenvalue weighted by molar-refractivity contribution is -0.131. The van der Waals surface area contributed by atoms with Gasteiger partial charge in [0.25, 0.3) is 0 Å². The van der Waals surface area contributed by atoms with Crippen LogP contribution in [-0.2, 0) is 4.79 Å². The van der Waals surface area contributed by atoms with E-state index in [1.54, 1.807) is 7.05 Å². The average Bonchev–Trinajstić information content (AvgIpc) is 2.24. The Balaban J connectivity index is 3.07. The fourth-order valence-corrected chi connectivity index (χ4v) is 1.85. The van der Waals surface area contributed by atoms with Crippen molar-refractivity contribution >= 4 is 17.7 Å². The Morgan fingerprint density at radius 2 is 1.89 bits per heavy atom. The Labute approximate surface area is 111 Å². The minimum Gasteiger partial charge on any atom is -0.478 e. The fraction of sp³-hybridized carbons (Fsp3) is 0.357. The van der Waals surface area contributed by atoms with E-state index in [0.717, 1.165) is 24.3 Å². The second-order valence-corrected chi connectivity index (χ2v) is 4.78. The molecule has 0 heterocycles. The lowest BCUT2D eigenvalue weighted by atomic mass is 10.1. The Morgan fingerprint density at radius 1 is 1.37 bits per heavy atom. The van der Waals surface area contributed by atoms with Crippen LogP contribution in [-0.4, -0.2) is 24.7 Å². The summed E-state index contributed by atoms with van der Waals surface area (Å²) in [4.78, 5) is 11.9. The number of nitrogens with zero attached hydrogens (tertiary/aromatic N) is 1. The largest absolute Gasteiger partial charge is 0.478 e. The highest BCUT2D eigenvalue weighted by molar-refractivity contribution is 5.85. The monoisotopic (exact) mass is 269 g/mol. The third kappa shape index (κ3) is 4.35. The smallest absolute Gasteiger partial charge is 0.328 e. The van der Waals surface area contributed by atoms with Crippen LogP contribution in [0.2, 0.25) is 0 Å². The highest BCUT2D eigenvalue weighted by atomic mass is 19.1. The maximum atomic E-state index is 13.9. The quantitative estimate of drug-likeness (QED) is 0.835. The zero-order chi connectivity index (χ0) is 14.6. The molecule has 1 rings (SSSR count). The first-order chi connectivity index (χ1) is 8.81. The van der Waals surface area contributed by atoms with Gasteiger partial charge in [-0.2, -0.15) is 0 Å². The molecule has 0 spiro atoms. The van der Waals surface area contributed by atoms with Crippen molar-refractivity contribution in [2.75, 3.05) is 18.5 Å². The van der Waals surface area contributed by atoms with Gasteiger partial charge < -0.3 is 10.0 Å². The van der Waals surface area contributed by atoms with E-state index in [4.69, 9.17) is 5.11 Å². The van der Waals surface area contributed by atoms with Gasteiger partial charge in [-0.3, -0.25) is 0 Å². The summed E-state index contributed by atoms with van der Waals surface area (Å²) in [5, 5.41) is 8.47. The first-order valence-electron chi connectivity index (χ1n) is 5.92. The average molecular weight is 269 g/mol. The molecule has 0 saturated carbocycles. The van der Waals surface area contributed by atoms with Gasteiger partial charge in [-0.15, -0.1) is 0 Å². The van der Waals surface area contributed by atoms with Crippen molar-refractivity contribution in [3.05, 3.63) is 35.4 Å². The summed E-state index contributed by atoms with van der Waals surface area (Å²) in [6.45, 7) is 4.44. The SMILES string of the molecule is CC(C)CN(C)c1c(F)cc(C=CC(=O)O)cc1F. The highest BCUT2D eigenvalue weighted by Gasteiger charge is 2.15. The zero-order valence-electron chi connectivity index (χ0n) is 11.2. The van der Waals surface area contributed by atoms with E-state index in [-0.39, 0.29) is 17.2 Å². The van der Waals surface area contributed by atoms with E-state index >= 15 is 0 Å². The number of carboxylic acid groups (broad SMARTS) is 1. The van der Waals surface area contributed by atoms with Gasteiger partial charge in [0, 0.05) is 19.7 Å². The molecule has 1 aromatic carbocycles. The fourth-order valence-electron chi connectivity index (χ4n) is 1.85. The van der Waals surface area contributed by atoms with Gasteiger partial charge >= 0.3 is 5.97 Å². The molecule has 0 aliphatic carbocycles. The predicted molar refractivity (Wildman–Crippen MR) is 71.1 cm³/mol. The van der Waals surface area contributed by atoms with Crippen molar-refractivity contribution in [1.29, 1.82) is 0 Å². The second-order valence-electron chi connectivity index (χ2n) is 4.78. The van der Waals surface area contributed by atoms with Crippen LogP contribution in [0.3, 0.4) is 0 Å². The number of benzene rings is 1. The van der Waals surface area contributed by atoms with E-state index in [0.29, 0.717) is 6.54 Å². The molecule has 104 valence electrons. The number of rotatable bonds is 5. The summed E-state index contributed by atoms with van der Waals surface area (Å²) in [5.41, 5.74) is 0.0836. The molecule has 0 fully saturated rings. The summed E-state index contributed by atoms with van der Waals surface area (Å²) in [5.74, 6) is -2.29. The standard InChI is InChI=1S/C14H17F2NO2/c1-9(2)8-17(3)14-11(15)6-10(7-12(14)16)4-5-13(18)19/h4-7,9H,8H2,1-3H3,(H,18,19). The molecule has 0 atom stereocenters. The van der Waals surface area contributed by atoms with Gasteiger partial charge in [0.05, 0.1) is 0 Å². The van der Waals surface area contributed by atoms with Crippen molar-refractivity contribution in [3.8, 4) is 0 Å². The van der Waals surface area contributed by atoms with Crippen LogP contribution < -0.4 is 4.90 Å². The molecule has 0 aliphatic heterocycles. The van der Waals surface area contributed by atoms with Crippen molar-refractivity contribution < 1.29 is 18.7 Å². The van der Waals surface area contributed by atoms with E-state index in [1.807, 2.05) is 13.8 Å². The molecule has 1 N–H and O–H groups in total. The Bertz CT molecular complexity index is 475. The Morgan fingerprint density at radius 3 is 2.32 bits per heavy atom. The number of aliphatic carboxylic acids is 1. The summed E-state index contributed by atoms with van der Waals surface area (Å²) >= 11 is 0. The minimum atomic E-state index is -1.16. The summed E-state index contributed by atoms with van der Waals surface area (Å²) < 4.78 is 27.7. The topological polar surface area (TPSA) is 40.5 Å². The third-order valence-corrected chi connectivity index (χ3v) is 2.48. The van der Waals surface area contributed by atoms with Crippen LogP contribution in [0.15, 0.2) is 18.2 Å². The molecule has 1 aromatic rings. The molecule has 5 heteroatoms. The Kier molecular flexibility index (Phi) is 5.03. The highest BCUT2D eigenvalue weighted by Crippen LogP contribution is 2.25. The van der Waals surface area contributed by atoms with Crippen molar-refractivity contribution in [2.45, 2.75) is 13.8 Å². The zero-order valence-corrected chi connectivity index (χ0v) is 11.2. The third-order valence-electron chi connectivity index (χ3n) is 2.48. The molecular formula is C14H17F2NO2. The maximum absolute atomic E-state index is 13.9. The van der Waals surface area contributed by atoms with Gasteiger partial charge in [-0.05, 0) is 29.7 Å². The molecule has 0 aromatic heterocycles. The van der Waals surface area contributed by atoms with Gasteiger partial charge in [0.15, 0.2) is 0 Å². The summed E-state index contributed by atoms with van der Waals surface area (Å²) in [6.07, 6.45) is 1.99. The van der Waals surface area contributed by atoms with Crippen LogP contribution in [0.4, 0.5) is 14.5 Å². The lowest BCUT2D eigenvalue weighted by Gasteiger charge is -2.22. The normalized spacial score (nSPS) is 11.3. The maximum Gasteiger partial charge on any atom is 0.328 e. The molecule has 0 radical (unpaired) electrons. The lowest BCUT2D eigenvalue weighted by Crippen LogP contribution is -2.24. The van der Waals surface area contributed by atoms with E-state index in [9.17, 15) is 13.6 Å². The van der Waals surface area contributed by atoms with Gasteiger partial charge in [-0.1, -0.05) is 13.8 Å². The Hall–Kier alpha value is -1.91. The van der Waals surface area contributed by atoms with E-state index < -0.39 is 17.6 Å². The van der Waals surface area contributed by atoms with Gasteiger partial charge in [0.1, 0.15) is 17.3 Å². The van der Waals surface area contributed by atoms with Crippen LogP contribution in [0, 0.1) is 17.6 Å². The van der Waals surface area contributed by atoms with Crippen LogP contribution >= 0.6 is 0 Å².